The number of hydrogen-bond acceptors (Lipinski definition) is 3. The van der Waals surface area contributed by atoms with Crippen LogP contribution in [0.15, 0.2) is 72.8 Å². The van der Waals surface area contributed by atoms with Crippen LogP contribution in [0.2, 0.25) is 0 Å². The van der Waals surface area contributed by atoms with Gasteiger partial charge in [0.15, 0.2) is 6.61 Å². The highest BCUT2D eigenvalue weighted by Crippen LogP contribution is 2.25. The van der Waals surface area contributed by atoms with Gasteiger partial charge in [-0.25, -0.2) is 0 Å². The molecule has 3 rings (SSSR count). The second-order valence-corrected chi connectivity index (χ2v) is 8.18. The van der Waals surface area contributed by atoms with E-state index in [1.54, 1.807) is 4.90 Å². The number of nitrogens with one attached hydrogen (secondary N) is 1. The van der Waals surface area contributed by atoms with E-state index in [0.717, 1.165) is 16.3 Å². The molecule has 5 heteroatoms. The SMILES string of the molecule is CCC(C(=O)NC(C)C)N(CCc1ccccc1)C(=O)COc1cccc2ccccc12. The Bertz CT molecular complexity index is 1030. The lowest BCUT2D eigenvalue weighted by Gasteiger charge is -2.31. The van der Waals surface area contributed by atoms with Gasteiger partial charge < -0.3 is 15.0 Å². The minimum atomic E-state index is -0.537. The van der Waals surface area contributed by atoms with Crippen LogP contribution in [-0.2, 0) is 16.0 Å². The lowest BCUT2D eigenvalue weighted by molar-refractivity contribution is -0.142. The summed E-state index contributed by atoms with van der Waals surface area (Å²) in [6, 6.07) is 23.2. The Morgan fingerprint density at radius 3 is 2.34 bits per heavy atom. The first-order chi connectivity index (χ1) is 15.5. The molecule has 0 spiro atoms. The standard InChI is InChI=1S/C27H32N2O3/c1-4-24(27(31)28-20(2)3)29(18-17-21-11-6-5-7-12-21)26(30)19-32-25-16-10-14-22-13-8-9-15-23(22)25/h5-16,20,24H,4,17-19H2,1-3H3,(H,28,31). The van der Waals surface area contributed by atoms with Crippen molar-refractivity contribution in [3.05, 3.63) is 78.4 Å². The lowest BCUT2D eigenvalue weighted by atomic mass is 10.1. The zero-order valence-corrected chi connectivity index (χ0v) is 19.1. The third-order valence-electron chi connectivity index (χ3n) is 5.40. The van der Waals surface area contributed by atoms with Crippen LogP contribution in [0.5, 0.6) is 5.75 Å². The van der Waals surface area contributed by atoms with Crippen molar-refractivity contribution in [3.63, 3.8) is 0 Å². The molecule has 3 aromatic carbocycles. The van der Waals surface area contributed by atoms with Crippen LogP contribution in [0, 0.1) is 0 Å². The molecule has 1 atom stereocenters. The first-order valence-electron chi connectivity index (χ1n) is 11.2. The quantitative estimate of drug-likeness (QED) is 0.510. The van der Waals surface area contributed by atoms with E-state index in [2.05, 4.69) is 5.32 Å². The van der Waals surface area contributed by atoms with E-state index >= 15 is 0 Å². The number of nitrogens with zero attached hydrogens (tertiary/aromatic N) is 1. The average molecular weight is 433 g/mol. The Labute approximate surface area is 190 Å². The van der Waals surface area contributed by atoms with Gasteiger partial charge in [0, 0.05) is 18.0 Å². The number of carbonyl (C=O) groups is 2. The molecule has 1 unspecified atom stereocenters. The highest BCUT2D eigenvalue weighted by Gasteiger charge is 2.29. The van der Waals surface area contributed by atoms with E-state index in [-0.39, 0.29) is 24.5 Å². The second-order valence-electron chi connectivity index (χ2n) is 8.18. The largest absolute Gasteiger partial charge is 0.483 e. The summed E-state index contributed by atoms with van der Waals surface area (Å²) in [5.74, 6) is 0.341. The van der Waals surface area contributed by atoms with Gasteiger partial charge in [-0.15, -0.1) is 0 Å². The number of hydrogen-bond donors (Lipinski definition) is 1. The summed E-state index contributed by atoms with van der Waals surface area (Å²) in [7, 11) is 0. The fraction of sp³-hybridized carbons (Fsp3) is 0.333. The average Bonchev–Trinajstić information content (AvgIpc) is 2.80. The van der Waals surface area contributed by atoms with E-state index in [1.165, 1.54) is 0 Å². The second kappa shape index (κ2) is 11.3. The molecule has 168 valence electrons. The van der Waals surface area contributed by atoms with Crippen LogP contribution in [0.25, 0.3) is 10.8 Å². The number of carbonyl (C=O) groups excluding carboxylic acids is 2. The maximum Gasteiger partial charge on any atom is 0.261 e. The summed E-state index contributed by atoms with van der Waals surface area (Å²) in [6.45, 7) is 6.10. The molecule has 0 aliphatic carbocycles. The highest BCUT2D eigenvalue weighted by molar-refractivity contribution is 5.90. The van der Waals surface area contributed by atoms with Gasteiger partial charge >= 0.3 is 0 Å². The van der Waals surface area contributed by atoms with Crippen molar-refractivity contribution < 1.29 is 14.3 Å². The zero-order valence-electron chi connectivity index (χ0n) is 19.1. The predicted molar refractivity (Wildman–Crippen MR) is 129 cm³/mol. The Kier molecular flexibility index (Phi) is 8.26. The van der Waals surface area contributed by atoms with Crippen LogP contribution in [0.1, 0.15) is 32.8 Å². The van der Waals surface area contributed by atoms with Crippen LogP contribution < -0.4 is 10.1 Å². The summed E-state index contributed by atoms with van der Waals surface area (Å²) in [5.41, 5.74) is 1.12. The third kappa shape index (κ3) is 6.10. The van der Waals surface area contributed by atoms with E-state index in [4.69, 9.17) is 4.74 Å². The molecule has 0 heterocycles. The van der Waals surface area contributed by atoms with E-state index < -0.39 is 6.04 Å². The van der Waals surface area contributed by atoms with Crippen molar-refractivity contribution in [2.24, 2.45) is 0 Å². The molecule has 0 aliphatic rings. The van der Waals surface area contributed by atoms with Gasteiger partial charge in [-0.05, 0) is 43.7 Å². The molecule has 0 aromatic heterocycles. The first kappa shape index (κ1) is 23.3. The smallest absolute Gasteiger partial charge is 0.261 e. The van der Waals surface area contributed by atoms with Crippen LogP contribution >= 0.6 is 0 Å². The molecular formula is C27H32N2O3. The summed E-state index contributed by atoms with van der Waals surface area (Å²) in [5, 5.41) is 4.97. The molecular weight excluding hydrogens is 400 g/mol. The monoisotopic (exact) mass is 432 g/mol. The van der Waals surface area contributed by atoms with Gasteiger partial charge in [0.2, 0.25) is 5.91 Å². The van der Waals surface area contributed by atoms with Crippen molar-refractivity contribution in [2.75, 3.05) is 13.2 Å². The van der Waals surface area contributed by atoms with Gasteiger partial charge in [-0.2, -0.15) is 0 Å². The van der Waals surface area contributed by atoms with Crippen LogP contribution in [-0.4, -0.2) is 41.9 Å². The fourth-order valence-electron chi connectivity index (χ4n) is 3.82. The topological polar surface area (TPSA) is 58.6 Å². The maximum atomic E-state index is 13.3. The normalized spacial score (nSPS) is 11.9. The van der Waals surface area contributed by atoms with E-state index in [0.29, 0.717) is 25.1 Å². The number of benzene rings is 3. The molecule has 2 amide bonds. The summed E-state index contributed by atoms with van der Waals surface area (Å²) in [4.78, 5) is 27.8. The number of fused-ring (bicyclic) bond motifs is 1. The molecule has 3 aromatic rings. The predicted octanol–water partition coefficient (Wildman–Crippen LogP) is 4.59. The molecule has 1 N–H and O–H groups in total. The fourth-order valence-corrected chi connectivity index (χ4v) is 3.82. The molecule has 0 radical (unpaired) electrons. The van der Waals surface area contributed by atoms with Gasteiger partial charge in [-0.1, -0.05) is 73.7 Å². The van der Waals surface area contributed by atoms with E-state index in [9.17, 15) is 9.59 Å². The van der Waals surface area contributed by atoms with Crippen molar-refractivity contribution in [1.29, 1.82) is 0 Å². The van der Waals surface area contributed by atoms with Gasteiger partial charge in [0.1, 0.15) is 11.8 Å². The van der Waals surface area contributed by atoms with Gasteiger partial charge in [0.25, 0.3) is 5.91 Å². The van der Waals surface area contributed by atoms with Gasteiger partial charge in [0.05, 0.1) is 0 Å². The van der Waals surface area contributed by atoms with Crippen LogP contribution in [0.4, 0.5) is 0 Å². The summed E-state index contributed by atoms with van der Waals surface area (Å²) >= 11 is 0. The molecule has 0 aliphatic heterocycles. The number of ether oxygens (including phenoxy) is 1. The molecule has 32 heavy (non-hydrogen) atoms. The van der Waals surface area contributed by atoms with Gasteiger partial charge in [-0.3, -0.25) is 9.59 Å². The Hall–Kier alpha value is -3.34. The summed E-state index contributed by atoms with van der Waals surface area (Å²) in [6.07, 6.45) is 1.21. The molecule has 5 nitrogen and oxygen atoms in total. The molecule has 0 bridgehead atoms. The Morgan fingerprint density at radius 2 is 1.62 bits per heavy atom. The molecule has 0 saturated heterocycles. The van der Waals surface area contributed by atoms with Crippen molar-refractivity contribution in [1.82, 2.24) is 10.2 Å². The maximum absolute atomic E-state index is 13.3. The van der Waals surface area contributed by atoms with Crippen molar-refractivity contribution >= 4 is 22.6 Å². The number of rotatable bonds is 10. The lowest BCUT2D eigenvalue weighted by Crippen LogP contribution is -2.52. The first-order valence-corrected chi connectivity index (χ1v) is 11.2. The van der Waals surface area contributed by atoms with Crippen LogP contribution in [0.3, 0.4) is 0 Å². The number of amides is 2. The Morgan fingerprint density at radius 1 is 0.938 bits per heavy atom. The zero-order chi connectivity index (χ0) is 22.9. The Balaban J connectivity index is 1.77. The highest BCUT2D eigenvalue weighted by atomic mass is 16.5. The van der Waals surface area contributed by atoms with E-state index in [1.807, 2.05) is 93.6 Å². The third-order valence-corrected chi connectivity index (χ3v) is 5.40. The minimum absolute atomic E-state index is 0.00885. The van der Waals surface area contributed by atoms with Crippen molar-refractivity contribution in [3.8, 4) is 5.75 Å². The molecule has 0 fully saturated rings. The van der Waals surface area contributed by atoms with Crippen molar-refractivity contribution in [2.45, 2.75) is 45.7 Å². The molecule has 0 saturated carbocycles. The summed E-state index contributed by atoms with van der Waals surface area (Å²) < 4.78 is 5.95. The minimum Gasteiger partial charge on any atom is -0.483 e.